The summed E-state index contributed by atoms with van der Waals surface area (Å²) < 4.78 is 4.59. The Hall–Kier alpha value is -2.05. The summed E-state index contributed by atoms with van der Waals surface area (Å²) in [6, 6.07) is 0. The first kappa shape index (κ1) is 13.0. The number of primary amides is 1. The number of nitrogen functional groups attached to an aromatic ring is 1. The highest BCUT2D eigenvalue weighted by molar-refractivity contribution is 5.64. The lowest BCUT2D eigenvalue weighted by molar-refractivity contribution is 0.161. The quantitative estimate of drug-likeness (QED) is 0.642. The van der Waals surface area contributed by atoms with Crippen molar-refractivity contribution in [3.8, 4) is 0 Å². The van der Waals surface area contributed by atoms with Crippen molar-refractivity contribution in [3.05, 3.63) is 11.4 Å². The molecule has 0 aromatic carbocycles. The average molecular weight is 239 g/mol. The van der Waals surface area contributed by atoms with Crippen molar-refractivity contribution >= 4 is 17.7 Å². The van der Waals surface area contributed by atoms with E-state index in [-0.39, 0.29) is 6.61 Å². The molecule has 17 heavy (non-hydrogen) atoms. The fraction of sp³-hybridized carbons (Fsp3) is 0.500. The van der Waals surface area contributed by atoms with Gasteiger partial charge < -0.3 is 21.5 Å². The third kappa shape index (κ3) is 3.78. The zero-order valence-corrected chi connectivity index (χ0v) is 9.99. The summed E-state index contributed by atoms with van der Waals surface area (Å²) in [5, 5.41) is 3.02. The summed E-state index contributed by atoms with van der Waals surface area (Å²) in [6.07, 6.45) is -0.0864. The summed E-state index contributed by atoms with van der Waals surface area (Å²) in [7, 11) is 0. The second-order valence-corrected chi connectivity index (χ2v) is 3.45. The van der Waals surface area contributed by atoms with Crippen LogP contribution in [-0.2, 0) is 11.2 Å². The van der Waals surface area contributed by atoms with E-state index >= 15 is 0 Å². The molecule has 1 aromatic heterocycles. The number of anilines is 2. The van der Waals surface area contributed by atoms with Crippen molar-refractivity contribution in [2.45, 2.75) is 20.3 Å². The minimum Gasteiger partial charge on any atom is -0.448 e. The van der Waals surface area contributed by atoms with Gasteiger partial charge in [0.25, 0.3) is 0 Å². The maximum Gasteiger partial charge on any atom is 0.404 e. The Morgan fingerprint density at radius 2 is 2.18 bits per heavy atom. The van der Waals surface area contributed by atoms with Gasteiger partial charge >= 0.3 is 6.09 Å². The third-order valence-electron chi connectivity index (χ3n) is 2.18. The Morgan fingerprint density at radius 1 is 1.47 bits per heavy atom. The van der Waals surface area contributed by atoms with Crippen LogP contribution in [0, 0.1) is 6.92 Å². The summed E-state index contributed by atoms with van der Waals surface area (Å²) >= 11 is 0. The Balaban J connectivity index is 2.63. The Kier molecular flexibility index (Phi) is 4.50. The van der Waals surface area contributed by atoms with Gasteiger partial charge in [-0.1, -0.05) is 6.92 Å². The molecule has 7 heteroatoms. The largest absolute Gasteiger partial charge is 0.448 e. The van der Waals surface area contributed by atoms with Crippen LogP contribution in [0.1, 0.15) is 18.3 Å². The topological polar surface area (TPSA) is 116 Å². The average Bonchev–Trinajstić information content (AvgIpc) is 2.29. The van der Waals surface area contributed by atoms with Crippen LogP contribution in [0.15, 0.2) is 0 Å². The number of ether oxygens (including phenoxy) is 1. The Bertz CT molecular complexity index is 408. The molecule has 1 aromatic rings. The highest BCUT2D eigenvalue weighted by Crippen LogP contribution is 2.16. The fourth-order valence-corrected chi connectivity index (χ4v) is 1.23. The lowest BCUT2D eigenvalue weighted by atomic mass is 10.3. The standard InChI is InChI=1S/C10H17N5O2/c1-3-7-14-8(11)6(2)9(15-7)13-4-5-17-10(12)16/h3-5H2,1-2H3,(H2,12,16)(H3,11,13,14,15). The summed E-state index contributed by atoms with van der Waals surface area (Å²) in [6.45, 7) is 4.37. The number of amides is 1. The SMILES string of the molecule is CCc1nc(N)c(C)c(NCCOC(N)=O)n1. The number of carbonyl (C=O) groups is 1. The lowest BCUT2D eigenvalue weighted by Gasteiger charge is -2.11. The van der Waals surface area contributed by atoms with Gasteiger partial charge in [-0.25, -0.2) is 14.8 Å². The molecule has 0 unspecified atom stereocenters. The first-order valence-electron chi connectivity index (χ1n) is 5.33. The van der Waals surface area contributed by atoms with Gasteiger partial charge in [0.1, 0.15) is 24.1 Å². The van der Waals surface area contributed by atoms with E-state index < -0.39 is 6.09 Å². The van der Waals surface area contributed by atoms with Crippen molar-refractivity contribution in [2.75, 3.05) is 24.2 Å². The van der Waals surface area contributed by atoms with Crippen LogP contribution >= 0.6 is 0 Å². The number of hydrogen-bond donors (Lipinski definition) is 3. The molecule has 94 valence electrons. The van der Waals surface area contributed by atoms with E-state index in [0.717, 1.165) is 5.56 Å². The van der Waals surface area contributed by atoms with Crippen LogP contribution in [0.3, 0.4) is 0 Å². The molecular weight excluding hydrogens is 222 g/mol. The molecule has 0 saturated carbocycles. The van der Waals surface area contributed by atoms with Crippen molar-refractivity contribution in [2.24, 2.45) is 5.73 Å². The van der Waals surface area contributed by atoms with Gasteiger partial charge in [-0.2, -0.15) is 0 Å². The molecule has 1 heterocycles. The number of nitrogens with one attached hydrogen (secondary N) is 1. The predicted molar refractivity (Wildman–Crippen MR) is 64.6 cm³/mol. The van der Waals surface area contributed by atoms with E-state index in [9.17, 15) is 4.79 Å². The number of aryl methyl sites for hydroxylation is 1. The molecular formula is C10H17N5O2. The highest BCUT2D eigenvalue weighted by atomic mass is 16.5. The van der Waals surface area contributed by atoms with Crippen molar-refractivity contribution in [1.82, 2.24) is 9.97 Å². The van der Waals surface area contributed by atoms with Crippen LogP contribution in [-0.4, -0.2) is 29.2 Å². The van der Waals surface area contributed by atoms with Gasteiger partial charge in [-0.05, 0) is 6.92 Å². The van der Waals surface area contributed by atoms with Gasteiger partial charge in [-0.15, -0.1) is 0 Å². The second-order valence-electron chi connectivity index (χ2n) is 3.45. The molecule has 0 aliphatic carbocycles. The number of nitrogens with zero attached hydrogens (tertiary/aromatic N) is 2. The summed E-state index contributed by atoms with van der Waals surface area (Å²) in [5.41, 5.74) is 11.4. The molecule has 1 rings (SSSR count). The molecule has 0 aliphatic heterocycles. The van der Waals surface area contributed by atoms with Gasteiger partial charge in [-0.3, -0.25) is 0 Å². The molecule has 7 nitrogen and oxygen atoms in total. The number of hydrogen-bond acceptors (Lipinski definition) is 6. The Morgan fingerprint density at radius 3 is 2.76 bits per heavy atom. The molecule has 0 atom stereocenters. The van der Waals surface area contributed by atoms with Gasteiger partial charge in [0.05, 0.1) is 6.54 Å². The number of aromatic nitrogens is 2. The van der Waals surface area contributed by atoms with Crippen LogP contribution in [0.4, 0.5) is 16.4 Å². The smallest absolute Gasteiger partial charge is 0.404 e. The van der Waals surface area contributed by atoms with Crippen molar-refractivity contribution in [3.63, 3.8) is 0 Å². The van der Waals surface area contributed by atoms with E-state index in [1.807, 2.05) is 13.8 Å². The zero-order valence-electron chi connectivity index (χ0n) is 9.99. The molecule has 0 fully saturated rings. The van der Waals surface area contributed by atoms with Crippen LogP contribution in [0.5, 0.6) is 0 Å². The monoisotopic (exact) mass is 239 g/mol. The van der Waals surface area contributed by atoms with E-state index in [4.69, 9.17) is 11.5 Å². The lowest BCUT2D eigenvalue weighted by Crippen LogP contribution is -2.19. The third-order valence-corrected chi connectivity index (χ3v) is 2.18. The van der Waals surface area contributed by atoms with E-state index in [1.165, 1.54) is 0 Å². The van der Waals surface area contributed by atoms with Crippen LogP contribution in [0.2, 0.25) is 0 Å². The van der Waals surface area contributed by atoms with Crippen molar-refractivity contribution < 1.29 is 9.53 Å². The molecule has 0 spiro atoms. The van der Waals surface area contributed by atoms with E-state index in [1.54, 1.807) is 0 Å². The highest BCUT2D eigenvalue weighted by Gasteiger charge is 2.07. The minimum atomic E-state index is -0.792. The van der Waals surface area contributed by atoms with E-state index in [2.05, 4.69) is 20.0 Å². The predicted octanol–water partition coefficient (Wildman–Crippen LogP) is 0.437. The number of carbonyl (C=O) groups excluding carboxylic acids is 1. The first-order chi connectivity index (χ1) is 8.04. The second kappa shape index (κ2) is 5.88. The summed E-state index contributed by atoms with van der Waals surface area (Å²) in [4.78, 5) is 18.8. The van der Waals surface area contributed by atoms with Gasteiger partial charge in [0, 0.05) is 12.0 Å². The molecule has 0 saturated heterocycles. The normalized spacial score (nSPS) is 10.0. The fourth-order valence-electron chi connectivity index (χ4n) is 1.23. The molecule has 0 aliphatic rings. The maximum atomic E-state index is 10.4. The van der Waals surface area contributed by atoms with Crippen LogP contribution in [0.25, 0.3) is 0 Å². The first-order valence-corrected chi connectivity index (χ1v) is 5.33. The number of nitrogens with two attached hydrogens (primary N) is 2. The molecule has 1 amide bonds. The van der Waals surface area contributed by atoms with Crippen LogP contribution < -0.4 is 16.8 Å². The molecule has 0 bridgehead atoms. The van der Waals surface area contributed by atoms with Gasteiger partial charge in [0.15, 0.2) is 0 Å². The maximum absolute atomic E-state index is 10.4. The summed E-state index contributed by atoms with van der Waals surface area (Å²) in [5.74, 6) is 1.78. The molecule has 5 N–H and O–H groups in total. The minimum absolute atomic E-state index is 0.181. The Labute approximate surface area is 99.6 Å². The molecule has 0 radical (unpaired) electrons. The zero-order chi connectivity index (χ0) is 12.8. The van der Waals surface area contributed by atoms with Crippen molar-refractivity contribution in [1.29, 1.82) is 0 Å². The van der Waals surface area contributed by atoms with E-state index in [0.29, 0.717) is 30.4 Å². The number of rotatable bonds is 5. The van der Waals surface area contributed by atoms with Gasteiger partial charge in [0.2, 0.25) is 0 Å².